The number of hydrogen-bond donors (Lipinski definition) is 2. The number of alkyl halides is 2. The van der Waals surface area contributed by atoms with Crippen molar-refractivity contribution in [3.63, 3.8) is 0 Å². The zero-order chi connectivity index (χ0) is 15.0. The van der Waals surface area contributed by atoms with Crippen LogP contribution in [0.2, 0.25) is 0 Å². The van der Waals surface area contributed by atoms with Gasteiger partial charge >= 0.3 is 12.0 Å². The van der Waals surface area contributed by atoms with Gasteiger partial charge in [-0.2, -0.15) is 0 Å². The molecule has 19 heavy (non-hydrogen) atoms. The van der Waals surface area contributed by atoms with Crippen LogP contribution in [-0.4, -0.2) is 48.6 Å². The molecule has 0 saturated heterocycles. The Hall–Kier alpha value is -1.40. The number of carbonyl (C=O) groups is 2. The summed E-state index contributed by atoms with van der Waals surface area (Å²) >= 11 is 0. The summed E-state index contributed by atoms with van der Waals surface area (Å²) in [4.78, 5) is 23.1. The molecule has 0 aromatic carbocycles. The van der Waals surface area contributed by atoms with Crippen LogP contribution in [0.3, 0.4) is 0 Å². The molecule has 0 aliphatic rings. The smallest absolute Gasteiger partial charge is 0.317 e. The van der Waals surface area contributed by atoms with E-state index in [4.69, 9.17) is 5.11 Å². The van der Waals surface area contributed by atoms with Gasteiger partial charge in [-0.05, 0) is 18.3 Å². The lowest BCUT2D eigenvalue weighted by Gasteiger charge is -2.21. The van der Waals surface area contributed by atoms with Crippen molar-refractivity contribution in [2.24, 2.45) is 11.8 Å². The molecule has 0 spiro atoms. The highest BCUT2D eigenvalue weighted by atomic mass is 19.3. The van der Waals surface area contributed by atoms with Crippen LogP contribution in [0.15, 0.2) is 0 Å². The molecule has 0 radical (unpaired) electrons. The molecule has 0 bridgehead atoms. The average molecular weight is 280 g/mol. The minimum atomic E-state index is -2.58. The van der Waals surface area contributed by atoms with E-state index >= 15 is 0 Å². The number of hydrogen-bond acceptors (Lipinski definition) is 2. The third-order valence-corrected chi connectivity index (χ3v) is 2.57. The Morgan fingerprint density at radius 2 is 1.89 bits per heavy atom. The van der Waals surface area contributed by atoms with E-state index in [1.54, 1.807) is 0 Å². The van der Waals surface area contributed by atoms with E-state index in [-0.39, 0.29) is 18.9 Å². The molecule has 0 aliphatic carbocycles. The van der Waals surface area contributed by atoms with Crippen LogP contribution >= 0.6 is 0 Å². The third kappa shape index (κ3) is 9.21. The van der Waals surface area contributed by atoms with E-state index < -0.39 is 25.0 Å². The molecule has 2 amide bonds. The van der Waals surface area contributed by atoms with Crippen molar-refractivity contribution in [2.45, 2.75) is 33.1 Å². The van der Waals surface area contributed by atoms with E-state index in [9.17, 15) is 18.4 Å². The van der Waals surface area contributed by atoms with Crippen LogP contribution < -0.4 is 5.32 Å². The summed E-state index contributed by atoms with van der Waals surface area (Å²) in [7, 11) is 1.27. The van der Waals surface area contributed by atoms with Gasteiger partial charge in [-0.3, -0.25) is 4.79 Å². The molecule has 2 N–H and O–H groups in total. The molecule has 0 fully saturated rings. The van der Waals surface area contributed by atoms with Gasteiger partial charge in [0.1, 0.15) is 0 Å². The predicted octanol–water partition coefficient (Wildman–Crippen LogP) is 2.03. The molecule has 0 aromatic rings. The Morgan fingerprint density at radius 3 is 2.32 bits per heavy atom. The lowest BCUT2D eigenvalue weighted by atomic mass is 9.94. The number of aliphatic carboxylic acids is 1. The van der Waals surface area contributed by atoms with E-state index in [2.05, 4.69) is 5.32 Å². The maximum Gasteiger partial charge on any atom is 0.317 e. The van der Waals surface area contributed by atoms with Crippen LogP contribution in [-0.2, 0) is 4.79 Å². The lowest BCUT2D eigenvalue weighted by Crippen LogP contribution is -2.42. The maximum absolute atomic E-state index is 12.1. The van der Waals surface area contributed by atoms with Crippen molar-refractivity contribution in [3.8, 4) is 0 Å². The number of rotatable bonds is 8. The van der Waals surface area contributed by atoms with E-state index in [1.165, 1.54) is 7.05 Å². The van der Waals surface area contributed by atoms with Gasteiger partial charge in [0.2, 0.25) is 0 Å². The first kappa shape index (κ1) is 17.6. The van der Waals surface area contributed by atoms with E-state index in [0.29, 0.717) is 12.3 Å². The Kier molecular flexibility index (Phi) is 8.02. The standard InChI is InChI=1S/C12H22F2N2O3/c1-8(2)4-9(5-11(17)18)6-15-12(19)16(3)7-10(13)14/h8-10H,4-7H2,1-3H3,(H,15,19)(H,17,18)/t9-/m0/s1. The molecule has 7 heteroatoms. The predicted molar refractivity (Wildman–Crippen MR) is 67.2 cm³/mol. The van der Waals surface area contributed by atoms with Gasteiger partial charge in [-0.25, -0.2) is 13.6 Å². The quantitative estimate of drug-likeness (QED) is 0.714. The van der Waals surface area contributed by atoms with Crippen molar-refractivity contribution >= 4 is 12.0 Å². The number of carbonyl (C=O) groups excluding carboxylic acids is 1. The van der Waals surface area contributed by atoms with E-state index in [1.807, 2.05) is 13.8 Å². The molecular weight excluding hydrogens is 258 g/mol. The van der Waals surface area contributed by atoms with Gasteiger partial charge in [-0.1, -0.05) is 13.8 Å². The Balaban J connectivity index is 4.22. The normalized spacial score (nSPS) is 12.6. The van der Waals surface area contributed by atoms with Crippen LogP contribution in [0.25, 0.3) is 0 Å². The lowest BCUT2D eigenvalue weighted by molar-refractivity contribution is -0.138. The minimum absolute atomic E-state index is 0.0446. The fourth-order valence-corrected chi connectivity index (χ4v) is 1.81. The zero-order valence-corrected chi connectivity index (χ0v) is 11.5. The summed E-state index contributed by atoms with van der Waals surface area (Å²) < 4.78 is 24.2. The number of nitrogens with zero attached hydrogens (tertiary/aromatic N) is 1. The topological polar surface area (TPSA) is 69.6 Å². The molecule has 112 valence electrons. The van der Waals surface area contributed by atoms with Crippen LogP contribution in [0.1, 0.15) is 26.7 Å². The van der Waals surface area contributed by atoms with Crippen molar-refractivity contribution in [3.05, 3.63) is 0 Å². The monoisotopic (exact) mass is 280 g/mol. The molecule has 0 unspecified atom stereocenters. The van der Waals surface area contributed by atoms with Crippen molar-refractivity contribution in [2.75, 3.05) is 20.1 Å². The Labute approximate surface area is 112 Å². The van der Waals surface area contributed by atoms with Gasteiger partial charge in [0.15, 0.2) is 0 Å². The summed E-state index contributed by atoms with van der Waals surface area (Å²) in [5.41, 5.74) is 0. The molecule has 5 nitrogen and oxygen atoms in total. The fourth-order valence-electron chi connectivity index (χ4n) is 1.81. The maximum atomic E-state index is 12.1. The summed E-state index contributed by atoms with van der Waals surface area (Å²) in [5.74, 6) is -0.817. The van der Waals surface area contributed by atoms with Gasteiger partial charge in [0, 0.05) is 20.0 Å². The molecule has 0 aliphatic heterocycles. The molecular formula is C12H22F2N2O3. The minimum Gasteiger partial charge on any atom is -0.481 e. The van der Waals surface area contributed by atoms with Crippen molar-refractivity contribution in [1.29, 1.82) is 0 Å². The summed E-state index contributed by atoms with van der Waals surface area (Å²) in [5, 5.41) is 11.3. The number of halogens is 2. The van der Waals surface area contributed by atoms with Crippen LogP contribution in [0.4, 0.5) is 13.6 Å². The van der Waals surface area contributed by atoms with E-state index in [0.717, 1.165) is 4.90 Å². The van der Waals surface area contributed by atoms with Crippen LogP contribution in [0, 0.1) is 11.8 Å². The number of carboxylic acids is 1. The van der Waals surface area contributed by atoms with Crippen molar-refractivity contribution < 1.29 is 23.5 Å². The number of carboxylic acid groups (broad SMARTS) is 1. The SMILES string of the molecule is CC(C)C[C@H](CNC(=O)N(C)CC(F)F)CC(=O)O. The highest BCUT2D eigenvalue weighted by molar-refractivity contribution is 5.74. The average Bonchev–Trinajstić information content (AvgIpc) is 2.22. The highest BCUT2D eigenvalue weighted by Gasteiger charge is 2.18. The first-order chi connectivity index (χ1) is 8.72. The second-order valence-corrected chi connectivity index (χ2v) is 5.05. The van der Waals surface area contributed by atoms with Crippen molar-refractivity contribution in [1.82, 2.24) is 10.2 Å². The Bertz CT molecular complexity index is 299. The molecule has 1 atom stereocenters. The summed E-state index contributed by atoms with van der Waals surface area (Å²) in [6, 6.07) is -0.612. The summed E-state index contributed by atoms with van der Waals surface area (Å²) in [6.07, 6.45) is -1.97. The largest absolute Gasteiger partial charge is 0.481 e. The fraction of sp³-hybridized carbons (Fsp3) is 0.833. The zero-order valence-electron chi connectivity index (χ0n) is 11.5. The molecule has 0 saturated carbocycles. The van der Waals surface area contributed by atoms with Crippen LogP contribution in [0.5, 0.6) is 0 Å². The molecule has 0 rings (SSSR count). The van der Waals surface area contributed by atoms with Gasteiger partial charge in [-0.15, -0.1) is 0 Å². The molecule has 0 heterocycles. The van der Waals surface area contributed by atoms with Gasteiger partial charge < -0.3 is 15.3 Å². The number of amides is 2. The molecule has 0 aromatic heterocycles. The number of nitrogens with one attached hydrogen (secondary N) is 1. The van der Waals surface area contributed by atoms with Gasteiger partial charge in [0.25, 0.3) is 6.43 Å². The Morgan fingerprint density at radius 1 is 1.32 bits per heavy atom. The van der Waals surface area contributed by atoms with Gasteiger partial charge in [0.05, 0.1) is 6.54 Å². The summed E-state index contributed by atoms with van der Waals surface area (Å²) in [6.45, 7) is 3.45. The third-order valence-electron chi connectivity index (χ3n) is 2.57. The second-order valence-electron chi connectivity index (χ2n) is 5.05. The first-order valence-corrected chi connectivity index (χ1v) is 6.21. The highest BCUT2D eigenvalue weighted by Crippen LogP contribution is 2.14. The second kappa shape index (κ2) is 8.66. The number of urea groups is 1. The first-order valence-electron chi connectivity index (χ1n) is 6.21.